The molecule has 5 nitrogen and oxygen atoms in total. The molecule has 5 heteroatoms. The molecule has 0 saturated heterocycles. The van der Waals surface area contributed by atoms with Crippen LogP contribution in [0.4, 0.5) is 0 Å². The monoisotopic (exact) mass is 342 g/mol. The summed E-state index contributed by atoms with van der Waals surface area (Å²) in [4.78, 5) is 23.5. The fourth-order valence-corrected chi connectivity index (χ4v) is 2.29. The summed E-state index contributed by atoms with van der Waals surface area (Å²) in [5, 5.41) is 9.68. The third-order valence-corrected chi connectivity index (χ3v) is 3.50. The van der Waals surface area contributed by atoms with Crippen molar-refractivity contribution >= 4 is 11.9 Å². The number of esters is 2. The van der Waals surface area contributed by atoms with Crippen LogP contribution in [0.15, 0.2) is 48.5 Å². The predicted octanol–water partition coefficient (Wildman–Crippen LogP) is 4.09. The highest BCUT2D eigenvalue weighted by Gasteiger charge is 2.13. The smallest absolute Gasteiger partial charge is 0.311 e. The van der Waals surface area contributed by atoms with Gasteiger partial charge in [-0.05, 0) is 30.5 Å². The van der Waals surface area contributed by atoms with Crippen molar-refractivity contribution in [1.82, 2.24) is 0 Å². The Hall–Kier alpha value is -2.82. The van der Waals surface area contributed by atoms with Gasteiger partial charge in [-0.2, -0.15) is 0 Å². The molecule has 0 atom stereocenters. The summed E-state index contributed by atoms with van der Waals surface area (Å²) in [5.41, 5.74) is 1.60. The van der Waals surface area contributed by atoms with Gasteiger partial charge in [-0.1, -0.05) is 37.3 Å². The van der Waals surface area contributed by atoms with Crippen molar-refractivity contribution in [3.05, 3.63) is 48.5 Å². The van der Waals surface area contributed by atoms with Gasteiger partial charge in [-0.3, -0.25) is 9.59 Å². The number of phenols is 1. The summed E-state index contributed by atoms with van der Waals surface area (Å²) >= 11 is 0. The van der Waals surface area contributed by atoms with E-state index >= 15 is 0 Å². The van der Waals surface area contributed by atoms with Gasteiger partial charge in [0.15, 0.2) is 0 Å². The number of hydrogen-bond donors (Lipinski definition) is 1. The fourth-order valence-electron chi connectivity index (χ4n) is 2.29. The number of ether oxygens (including phenoxy) is 2. The number of hydrogen-bond acceptors (Lipinski definition) is 5. The Labute approximate surface area is 147 Å². The van der Waals surface area contributed by atoms with Crippen molar-refractivity contribution in [2.45, 2.75) is 32.6 Å². The predicted molar refractivity (Wildman–Crippen MR) is 94.3 cm³/mol. The number of benzene rings is 2. The number of phenolic OH excluding ortho intramolecular Hbond substituents is 1. The summed E-state index contributed by atoms with van der Waals surface area (Å²) in [7, 11) is 0. The average molecular weight is 342 g/mol. The largest absolute Gasteiger partial charge is 0.508 e. The maximum atomic E-state index is 12.0. The maximum absolute atomic E-state index is 12.0. The Kier molecular flexibility index (Phi) is 7.01. The molecule has 0 aromatic heterocycles. The summed E-state index contributed by atoms with van der Waals surface area (Å²) in [6.07, 6.45) is 1.42. The second kappa shape index (κ2) is 9.47. The summed E-state index contributed by atoms with van der Waals surface area (Å²) in [5.74, 6) is -0.446. The van der Waals surface area contributed by atoms with Crippen molar-refractivity contribution < 1.29 is 24.2 Å². The van der Waals surface area contributed by atoms with E-state index in [0.717, 1.165) is 12.0 Å². The number of rotatable bonds is 8. The van der Waals surface area contributed by atoms with Crippen LogP contribution in [0.2, 0.25) is 0 Å². The molecular weight excluding hydrogens is 320 g/mol. The molecule has 0 fully saturated rings. The Morgan fingerprint density at radius 3 is 2.44 bits per heavy atom. The van der Waals surface area contributed by atoms with E-state index in [9.17, 15) is 14.7 Å². The van der Waals surface area contributed by atoms with Crippen LogP contribution in [-0.4, -0.2) is 23.7 Å². The normalized spacial score (nSPS) is 10.3. The van der Waals surface area contributed by atoms with Gasteiger partial charge in [0.25, 0.3) is 0 Å². The Morgan fingerprint density at radius 2 is 1.72 bits per heavy atom. The van der Waals surface area contributed by atoms with Crippen LogP contribution in [0, 0.1) is 0 Å². The SMILES string of the molecule is CCCOC(=O)CCCC(=O)Oc1cc(O)ccc1-c1ccccc1. The molecule has 0 amide bonds. The molecule has 0 aliphatic rings. The highest BCUT2D eigenvalue weighted by Crippen LogP contribution is 2.33. The molecule has 132 valence electrons. The molecule has 1 N–H and O–H groups in total. The zero-order valence-electron chi connectivity index (χ0n) is 14.2. The molecule has 0 heterocycles. The Morgan fingerprint density at radius 1 is 1.00 bits per heavy atom. The summed E-state index contributed by atoms with van der Waals surface area (Å²) in [6, 6.07) is 14.1. The van der Waals surface area contributed by atoms with Crippen LogP contribution >= 0.6 is 0 Å². The molecule has 2 aromatic carbocycles. The molecule has 0 unspecified atom stereocenters. The first kappa shape index (κ1) is 18.5. The van der Waals surface area contributed by atoms with Crippen LogP contribution in [-0.2, 0) is 14.3 Å². The van der Waals surface area contributed by atoms with E-state index in [1.807, 2.05) is 37.3 Å². The van der Waals surface area contributed by atoms with Gasteiger partial charge in [0, 0.05) is 24.5 Å². The van der Waals surface area contributed by atoms with Crippen molar-refractivity contribution in [2.75, 3.05) is 6.61 Å². The number of carbonyl (C=O) groups is 2. The van der Waals surface area contributed by atoms with E-state index in [4.69, 9.17) is 9.47 Å². The molecule has 2 aromatic rings. The van der Waals surface area contributed by atoms with Crippen LogP contribution < -0.4 is 4.74 Å². The van der Waals surface area contributed by atoms with Crippen LogP contribution in [0.25, 0.3) is 11.1 Å². The molecular formula is C20H22O5. The van der Waals surface area contributed by atoms with Gasteiger partial charge < -0.3 is 14.6 Å². The molecule has 0 aliphatic heterocycles. The quantitative estimate of drug-likeness (QED) is 0.578. The molecule has 0 bridgehead atoms. The van der Waals surface area contributed by atoms with Gasteiger partial charge >= 0.3 is 11.9 Å². The number of carbonyl (C=O) groups excluding carboxylic acids is 2. The van der Waals surface area contributed by atoms with E-state index in [-0.39, 0.29) is 24.6 Å². The first-order chi connectivity index (χ1) is 12.1. The average Bonchev–Trinajstić information content (AvgIpc) is 2.61. The minimum atomic E-state index is -0.453. The zero-order valence-corrected chi connectivity index (χ0v) is 14.2. The Bertz CT molecular complexity index is 709. The lowest BCUT2D eigenvalue weighted by molar-refractivity contribution is -0.144. The molecule has 2 rings (SSSR count). The first-order valence-corrected chi connectivity index (χ1v) is 8.35. The van der Waals surface area contributed by atoms with Gasteiger partial charge in [-0.25, -0.2) is 0 Å². The Balaban J connectivity index is 1.96. The van der Waals surface area contributed by atoms with Crippen molar-refractivity contribution in [1.29, 1.82) is 0 Å². The fraction of sp³-hybridized carbons (Fsp3) is 0.300. The third-order valence-electron chi connectivity index (χ3n) is 3.50. The lowest BCUT2D eigenvalue weighted by atomic mass is 10.0. The second-order valence-electron chi connectivity index (χ2n) is 5.59. The zero-order chi connectivity index (χ0) is 18.1. The minimum Gasteiger partial charge on any atom is -0.508 e. The van der Waals surface area contributed by atoms with E-state index in [1.54, 1.807) is 12.1 Å². The highest BCUT2D eigenvalue weighted by molar-refractivity contribution is 5.79. The molecule has 0 spiro atoms. The van der Waals surface area contributed by atoms with Gasteiger partial charge in [-0.15, -0.1) is 0 Å². The standard InChI is InChI=1S/C20H22O5/c1-2-13-24-19(22)9-6-10-20(23)25-18-14-16(21)11-12-17(18)15-7-4-3-5-8-15/h3-5,7-8,11-12,14,21H,2,6,9-10,13H2,1H3. The van der Waals surface area contributed by atoms with E-state index < -0.39 is 5.97 Å². The van der Waals surface area contributed by atoms with Crippen LogP contribution in [0.5, 0.6) is 11.5 Å². The van der Waals surface area contributed by atoms with Crippen LogP contribution in [0.3, 0.4) is 0 Å². The van der Waals surface area contributed by atoms with Crippen molar-refractivity contribution in [3.8, 4) is 22.6 Å². The third kappa shape index (κ3) is 5.95. The van der Waals surface area contributed by atoms with Crippen molar-refractivity contribution in [2.24, 2.45) is 0 Å². The maximum Gasteiger partial charge on any atom is 0.311 e. The first-order valence-electron chi connectivity index (χ1n) is 8.35. The molecule has 25 heavy (non-hydrogen) atoms. The van der Waals surface area contributed by atoms with Crippen LogP contribution in [0.1, 0.15) is 32.6 Å². The van der Waals surface area contributed by atoms with Gasteiger partial charge in [0.1, 0.15) is 11.5 Å². The highest BCUT2D eigenvalue weighted by atomic mass is 16.5. The molecule has 0 saturated carbocycles. The van der Waals surface area contributed by atoms with E-state index in [0.29, 0.717) is 24.3 Å². The topological polar surface area (TPSA) is 72.8 Å². The van der Waals surface area contributed by atoms with E-state index in [1.165, 1.54) is 6.07 Å². The summed E-state index contributed by atoms with van der Waals surface area (Å²) < 4.78 is 10.4. The van der Waals surface area contributed by atoms with Gasteiger partial charge in [0.05, 0.1) is 6.61 Å². The lowest BCUT2D eigenvalue weighted by Crippen LogP contribution is -2.11. The van der Waals surface area contributed by atoms with Crippen molar-refractivity contribution in [3.63, 3.8) is 0 Å². The summed E-state index contributed by atoms with van der Waals surface area (Å²) in [6.45, 7) is 2.32. The second-order valence-corrected chi connectivity index (χ2v) is 5.59. The number of aromatic hydroxyl groups is 1. The minimum absolute atomic E-state index is 0.0191. The molecule has 0 aliphatic carbocycles. The van der Waals surface area contributed by atoms with E-state index in [2.05, 4.69) is 0 Å². The molecule has 0 radical (unpaired) electrons. The lowest BCUT2D eigenvalue weighted by Gasteiger charge is -2.11. The van der Waals surface area contributed by atoms with Gasteiger partial charge in [0.2, 0.25) is 0 Å².